The lowest BCUT2D eigenvalue weighted by molar-refractivity contribution is 0.0521. The quantitative estimate of drug-likeness (QED) is 0.657. The number of hydrogen-bond donors (Lipinski definition) is 0. The molecule has 0 N–H and O–H groups in total. The Morgan fingerprint density at radius 2 is 1.86 bits per heavy atom. The van der Waals surface area contributed by atoms with Crippen LogP contribution in [0.25, 0.3) is 0 Å². The minimum absolute atomic E-state index is 0.347. The fourth-order valence-corrected chi connectivity index (χ4v) is 2.62. The first kappa shape index (κ1) is 12.3. The Morgan fingerprint density at radius 1 is 1.29 bits per heavy atom. The van der Waals surface area contributed by atoms with Crippen LogP contribution < -0.4 is 0 Å². The van der Waals surface area contributed by atoms with E-state index in [0.717, 1.165) is 25.0 Å². The third-order valence-electron chi connectivity index (χ3n) is 3.37. The Morgan fingerprint density at radius 3 is 2.29 bits per heavy atom. The molecular weight excluding hydrogens is 196 g/mol. The second kappa shape index (κ2) is 5.37. The second-order valence-corrected chi connectivity index (χ2v) is 5.82. The van der Waals surface area contributed by atoms with Crippen LogP contribution in [0.5, 0.6) is 0 Å². The molecule has 2 heteroatoms. The van der Waals surface area contributed by atoms with Gasteiger partial charge in [0.05, 0.1) is 0 Å². The number of rotatable bonds is 3. The molecular formula is C12H23ClO. The normalized spacial score (nSPS) is 22.3. The van der Waals surface area contributed by atoms with Crippen LogP contribution in [0.15, 0.2) is 0 Å². The number of hydrogen-bond acceptors (Lipinski definition) is 1. The molecule has 0 aromatic rings. The summed E-state index contributed by atoms with van der Waals surface area (Å²) in [7, 11) is 0. The Hall–Kier alpha value is 0.250. The van der Waals surface area contributed by atoms with Crippen molar-refractivity contribution in [3.8, 4) is 0 Å². The summed E-state index contributed by atoms with van der Waals surface area (Å²) in [5, 5.41) is 0. The first-order valence-corrected chi connectivity index (χ1v) is 6.21. The van der Waals surface area contributed by atoms with E-state index in [1.54, 1.807) is 0 Å². The van der Waals surface area contributed by atoms with Gasteiger partial charge >= 0.3 is 0 Å². The van der Waals surface area contributed by atoms with Crippen molar-refractivity contribution in [2.24, 2.45) is 17.3 Å². The molecule has 1 unspecified atom stereocenters. The maximum Gasteiger partial charge on any atom is 0.0468 e. The first-order valence-electron chi connectivity index (χ1n) is 5.67. The van der Waals surface area contributed by atoms with E-state index < -0.39 is 0 Å². The van der Waals surface area contributed by atoms with Crippen LogP contribution in [0.2, 0.25) is 0 Å². The molecule has 1 nitrogen and oxygen atoms in total. The molecule has 1 heterocycles. The molecule has 84 valence electrons. The minimum atomic E-state index is 0.347. The van der Waals surface area contributed by atoms with Crippen LogP contribution in [0.3, 0.4) is 0 Å². The molecule has 0 bridgehead atoms. The molecule has 1 aliphatic rings. The zero-order chi connectivity index (χ0) is 10.6. The largest absolute Gasteiger partial charge is 0.381 e. The van der Waals surface area contributed by atoms with Gasteiger partial charge in [-0.3, -0.25) is 0 Å². The Kier molecular flexibility index (Phi) is 4.72. The summed E-state index contributed by atoms with van der Waals surface area (Å²) < 4.78 is 5.37. The van der Waals surface area contributed by atoms with Crippen molar-refractivity contribution in [1.82, 2.24) is 0 Å². The van der Waals surface area contributed by atoms with Crippen molar-refractivity contribution < 1.29 is 4.74 Å². The van der Waals surface area contributed by atoms with Gasteiger partial charge in [-0.25, -0.2) is 0 Å². The van der Waals surface area contributed by atoms with Gasteiger partial charge in [0.15, 0.2) is 0 Å². The highest BCUT2D eigenvalue weighted by atomic mass is 35.5. The highest BCUT2D eigenvalue weighted by molar-refractivity contribution is 6.18. The van der Waals surface area contributed by atoms with Crippen LogP contribution in [0, 0.1) is 17.3 Å². The molecule has 0 aromatic heterocycles. The monoisotopic (exact) mass is 218 g/mol. The minimum Gasteiger partial charge on any atom is -0.381 e. The molecule has 0 radical (unpaired) electrons. The Bertz CT molecular complexity index is 156. The van der Waals surface area contributed by atoms with Gasteiger partial charge in [0.25, 0.3) is 0 Å². The average Bonchev–Trinajstić information content (AvgIpc) is 2.14. The van der Waals surface area contributed by atoms with Gasteiger partial charge in [0.1, 0.15) is 0 Å². The molecule has 0 aliphatic carbocycles. The maximum absolute atomic E-state index is 6.04. The summed E-state index contributed by atoms with van der Waals surface area (Å²) >= 11 is 6.04. The summed E-state index contributed by atoms with van der Waals surface area (Å²) in [5.41, 5.74) is 0.347. The number of halogens is 1. The molecule has 1 aliphatic heterocycles. The molecule has 0 aromatic carbocycles. The lowest BCUT2D eigenvalue weighted by atomic mass is 9.75. The van der Waals surface area contributed by atoms with Crippen LogP contribution in [0.4, 0.5) is 0 Å². The van der Waals surface area contributed by atoms with E-state index in [-0.39, 0.29) is 0 Å². The smallest absolute Gasteiger partial charge is 0.0468 e. The van der Waals surface area contributed by atoms with Gasteiger partial charge in [-0.1, -0.05) is 20.8 Å². The van der Waals surface area contributed by atoms with Gasteiger partial charge in [-0.2, -0.15) is 0 Å². The second-order valence-electron chi connectivity index (χ2n) is 5.51. The predicted molar refractivity (Wildman–Crippen MR) is 61.8 cm³/mol. The fraction of sp³-hybridized carbons (Fsp3) is 1.00. The zero-order valence-electron chi connectivity index (χ0n) is 9.68. The fourth-order valence-electron chi connectivity index (χ4n) is 2.03. The molecule has 1 saturated heterocycles. The number of ether oxygens (including phenoxy) is 1. The van der Waals surface area contributed by atoms with Crippen molar-refractivity contribution in [2.75, 3.05) is 19.1 Å². The maximum atomic E-state index is 6.04. The first-order chi connectivity index (χ1) is 6.54. The van der Waals surface area contributed by atoms with Gasteiger partial charge in [-0.05, 0) is 36.5 Å². The van der Waals surface area contributed by atoms with E-state index in [9.17, 15) is 0 Å². The highest BCUT2D eigenvalue weighted by Gasteiger charge is 2.27. The summed E-state index contributed by atoms with van der Waals surface area (Å²) in [5.74, 6) is 2.28. The SMILES string of the molecule is CC(C)(C)C(CCl)CC1CCOCC1. The van der Waals surface area contributed by atoms with E-state index >= 15 is 0 Å². The van der Waals surface area contributed by atoms with Crippen molar-refractivity contribution in [3.05, 3.63) is 0 Å². The van der Waals surface area contributed by atoms with E-state index in [4.69, 9.17) is 16.3 Å². The van der Waals surface area contributed by atoms with E-state index in [1.165, 1.54) is 19.3 Å². The standard InChI is InChI=1S/C12H23ClO/c1-12(2,3)11(9-13)8-10-4-6-14-7-5-10/h10-11H,4-9H2,1-3H3. The van der Waals surface area contributed by atoms with Crippen molar-refractivity contribution in [2.45, 2.75) is 40.0 Å². The van der Waals surface area contributed by atoms with Gasteiger partial charge in [-0.15, -0.1) is 11.6 Å². The summed E-state index contributed by atoms with van der Waals surface area (Å²) in [6, 6.07) is 0. The molecule has 1 rings (SSSR count). The van der Waals surface area contributed by atoms with Gasteiger partial charge in [0, 0.05) is 19.1 Å². The third-order valence-corrected chi connectivity index (χ3v) is 3.74. The third kappa shape index (κ3) is 3.78. The van der Waals surface area contributed by atoms with Crippen LogP contribution in [0.1, 0.15) is 40.0 Å². The van der Waals surface area contributed by atoms with Crippen LogP contribution in [-0.2, 0) is 4.74 Å². The van der Waals surface area contributed by atoms with E-state index in [1.807, 2.05) is 0 Å². The summed E-state index contributed by atoms with van der Waals surface area (Å²) in [6.45, 7) is 8.77. The molecule has 1 atom stereocenters. The van der Waals surface area contributed by atoms with Crippen molar-refractivity contribution in [3.63, 3.8) is 0 Å². The molecule has 14 heavy (non-hydrogen) atoms. The highest BCUT2D eigenvalue weighted by Crippen LogP contribution is 2.34. The van der Waals surface area contributed by atoms with Gasteiger partial charge < -0.3 is 4.74 Å². The molecule has 0 amide bonds. The molecule has 0 saturated carbocycles. The van der Waals surface area contributed by atoms with Crippen LogP contribution >= 0.6 is 11.6 Å². The van der Waals surface area contributed by atoms with E-state index in [0.29, 0.717) is 11.3 Å². The lowest BCUT2D eigenvalue weighted by Gasteiger charge is -2.33. The van der Waals surface area contributed by atoms with Crippen molar-refractivity contribution >= 4 is 11.6 Å². The zero-order valence-corrected chi connectivity index (χ0v) is 10.4. The summed E-state index contributed by atoms with van der Waals surface area (Å²) in [4.78, 5) is 0. The average molecular weight is 219 g/mol. The topological polar surface area (TPSA) is 9.23 Å². The predicted octanol–water partition coefficient (Wildman–Crippen LogP) is 3.70. The Balaban J connectivity index is 2.39. The Labute approximate surface area is 93.2 Å². The van der Waals surface area contributed by atoms with Crippen molar-refractivity contribution in [1.29, 1.82) is 0 Å². The molecule has 0 spiro atoms. The summed E-state index contributed by atoms with van der Waals surface area (Å²) in [6.07, 6.45) is 3.73. The van der Waals surface area contributed by atoms with Gasteiger partial charge in [0.2, 0.25) is 0 Å². The number of alkyl halides is 1. The lowest BCUT2D eigenvalue weighted by Crippen LogP contribution is -2.27. The van der Waals surface area contributed by atoms with Crippen LogP contribution in [-0.4, -0.2) is 19.1 Å². The van der Waals surface area contributed by atoms with E-state index in [2.05, 4.69) is 20.8 Å². The molecule has 1 fully saturated rings.